The largest absolute Gasteiger partial charge is 1.00 e. The Morgan fingerprint density at radius 1 is 1.29 bits per heavy atom. The van der Waals surface area contributed by atoms with Crippen molar-refractivity contribution in [1.82, 2.24) is 0 Å². The van der Waals surface area contributed by atoms with E-state index in [1.165, 1.54) is 12.1 Å². The minimum absolute atomic E-state index is 0. The van der Waals surface area contributed by atoms with E-state index in [1.807, 2.05) is 0 Å². The van der Waals surface area contributed by atoms with Crippen molar-refractivity contribution in [3.63, 3.8) is 0 Å². The fourth-order valence-electron chi connectivity index (χ4n) is 1.64. The van der Waals surface area contributed by atoms with Crippen molar-refractivity contribution in [3.05, 3.63) is 41.0 Å². The van der Waals surface area contributed by atoms with E-state index in [1.54, 1.807) is 19.1 Å². The van der Waals surface area contributed by atoms with Gasteiger partial charge in [-0.3, -0.25) is 4.79 Å². The molecule has 0 spiro atoms. The molecule has 0 radical (unpaired) electrons. The number of hydrogen-bond donors (Lipinski definition) is 0. The predicted octanol–water partition coefficient (Wildman–Crippen LogP) is -2.48. The molecule has 4 nitrogen and oxygen atoms in total. The van der Waals surface area contributed by atoms with Gasteiger partial charge in [0.2, 0.25) is 0 Å². The second-order valence-corrected chi connectivity index (χ2v) is 3.30. The molecule has 0 unspecified atom stereocenters. The van der Waals surface area contributed by atoms with Gasteiger partial charge in [-0.05, 0) is 12.5 Å². The molecule has 1 aliphatic rings. The van der Waals surface area contributed by atoms with Crippen LogP contribution in [0.4, 0.5) is 0 Å². The summed E-state index contributed by atoms with van der Waals surface area (Å²) < 4.78 is 4.68. The monoisotopic (exact) mass is 240 g/mol. The zero-order chi connectivity index (χ0) is 11.7. The Kier molecular flexibility index (Phi) is 4.51. The third-order valence-electron chi connectivity index (χ3n) is 2.35. The Hall–Kier alpha value is -1.10. The van der Waals surface area contributed by atoms with Crippen LogP contribution in [0.5, 0.6) is 0 Å². The molecule has 1 aromatic rings. The van der Waals surface area contributed by atoms with Crippen LogP contribution >= 0.6 is 0 Å². The Morgan fingerprint density at radius 3 is 2.41 bits per heavy atom. The topological polar surface area (TPSA) is 66.4 Å². The van der Waals surface area contributed by atoms with Gasteiger partial charge in [0.25, 0.3) is 0 Å². The second-order valence-electron chi connectivity index (χ2n) is 3.30. The van der Waals surface area contributed by atoms with E-state index in [-0.39, 0.29) is 52.9 Å². The molecule has 2 rings (SSSR count). The van der Waals surface area contributed by atoms with Gasteiger partial charge in [0, 0.05) is 5.56 Å². The summed E-state index contributed by atoms with van der Waals surface area (Å²) in [5.74, 6) is -1.92. The molecule has 1 aromatic carbocycles. The number of benzene rings is 1. The summed E-state index contributed by atoms with van der Waals surface area (Å²) >= 11 is 0. The molecule has 0 heterocycles. The predicted molar refractivity (Wildman–Crippen MR) is 54.3 cm³/mol. The Morgan fingerprint density at radius 2 is 1.88 bits per heavy atom. The van der Waals surface area contributed by atoms with Crippen molar-refractivity contribution in [2.45, 2.75) is 6.92 Å². The van der Waals surface area contributed by atoms with Crippen LogP contribution in [0, 0.1) is 0 Å². The molecule has 0 aliphatic heterocycles. The molecule has 0 amide bonds. The van der Waals surface area contributed by atoms with Crippen LogP contribution in [0.3, 0.4) is 0 Å². The van der Waals surface area contributed by atoms with Gasteiger partial charge in [-0.2, -0.15) is 0 Å². The van der Waals surface area contributed by atoms with Crippen LogP contribution in [0.2, 0.25) is 0 Å². The number of hydrogen-bond acceptors (Lipinski definition) is 4. The number of Topliss-reactive ketones (excluding diaryl/α,β-unsaturated/α-hetero) is 1. The van der Waals surface area contributed by atoms with Crippen LogP contribution < -0.4 is 34.7 Å². The Balaban J connectivity index is 0.00000144. The normalized spacial score (nSPS) is 13.1. The zero-order valence-electron chi connectivity index (χ0n) is 9.65. The van der Waals surface area contributed by atoms with Crippen molar-refractivity contribution in [2.75, 3.05) is 6.61 Å². The first-order valence-corrected chi connectivity index (χ1v) is 4.89. The smallest absolute Gasteiger partial charge is 0.871 e. The molecular formula is C12H9NaO4. The number of esters is 1. The molecule has 0 aromatic heterocycles. The summed E-state index contributed by atoms with van der Waals surface area (Å²) in [4.78, 5) is 23.2. The fourth-order valence-corrected chi connectivity index (χ4v) is 1.64. The van der Waals surface area contributed by atoms with Gasteiger partial charge in [-0.25, -0.2) is 4.79 Å². The summed E-state index contributed by atoms with van der Waals surface area (Å²) in [6.07, 6.45) is 0. The van der Waals surface area contributed by atoms with Gasteiger partial charge in [-0.15, -0.1) is 0 Å². The first-order valence-electron chi connectivity index (χ1n) is 4.89. The van der Waals surface area contributed by atoms with E-state index in [9.17, 15) is 14.7 Å². The van der Waals surface area contributed by atoms with Gasteiger partial charge in [-0.1, -0.05) is 30.0 Å². The van der Waals surface area contributed by atoms with Crippen LogP contribution in [0.1, 0.15) is 22.8 Å². The van der Waals surface area contributed by atoms with Gasteiger partial charge in [0.05, 0.1) is 6.61 Å². The van der Waals surface area contributed by atoms with Crippen molar-refractivity contribution in [3.8, 4) is 0 Å². The molecule has 0 N–H and O–H groups in total. The first kappa shape index (κ1) is 14.0. The minimum Gasteiger partial charge on any atom is -0.871 e. The quantitative estimate of drug-likeness (QED) is 0.326. The maximum Gasteiger partial charge on any atom is 1.00 e. The van der Waals surface area contributed by atoms with E-state index in [4.69, 9.17) is 0 Å². The van der Waals surface area contributed by atoms with Crippen molar-refractivity contribution >= 4 is 17.5 Å². The van der Waals surface area contributed by atoms with Crippen LogP contribution in [0.15, 0.2) is 29.8 Å². The SMILES string of the molecule is CCOC(=O)C1=C([O-])c2ccccc2C1=O.[Na+]. The van der Waals surface area contributed by atoms with E-state index in [0.29, 0.717) is 0 Å². The summed E-state index contributed by atoms with van der Waals surface area (Å²) in [5.41, 5.74) is 0.161. The van der Waals surface area contributed by atoms with E-state index in [0.717, 1.165) is 0 Å². The number of carbonyl (C=O) groups excluding carboxylic acids is 2. The number of rotatable bonds is 2. The number of ether oxygens (including phenoxy) is 1. The standard InChI is InChI=1S/C12H10O4.Na/c1-2-16-12(15)9-10(13)7-5-3-4-6-8(7)11(9)14;/h3-6,13H,2H2,1H3;/q;+1/p-1. The van der Waals surface area contributed by atoms with E-state index in [2.05, 4.69) is 4.74 Å². The molecule has 0 fully saturated rings. The summed E-state index contributed by atoms with van der Waals surface area (Å²) in [6.45, 7) is 1.76. The third kappa shape index (κ3) is 2.29. The molecule has 0 atom stereocenters. The van der Waals surface area contributed by atoms with Gasteiger partial charge >= 0.3 is 35.5 Å². The van der Waals surface area contributed by atoms with E-state index < -0.39 is 17.5 Å². The second kappa shape index (κ2) is 5.49. The average molecular weight is 240 g/mol. The maximum atomic E-state index is 11.8. The van der Waals surface area contributed by atoms with Gasteiger partial charge < -0.3 is 9.84 Å². The molecule has 17 heavy (non-hydrogen) atoms. The fraction of sp³-hybridized carbons (Fsp3) is 0.167. The number of ketones is 1. The minimum atomic E-state index is -0.839. The molecule has 1 aliphatic carbocycles. The molecule has 82 valence electrons. The van der Waals surface area contributed by atoms with Crippen LogP contribution in [-0.2, 0) is 9.53 Å². The summed E-state index contributed by atoms with van der Waals surface area (Å²) in [6, 6.07) is 6.36. The van der Waals surface area contributed by atoms with Gasteiger partial charge in [0.1, 0.15) is 5.57 Å². The Bertz CT molecular complexity index is 505. The average Bonchev–Trinajstić information content (AvgIpc) is 2.53. The van der Waals surface area contributed by atoms with Crippen molar-refractivity contribution < 1.29 is 49.0 Å². The molecule has 0 bridgehead atoms. The van der Waals surface area contributed by atoms with Crippen molar-refractivity contribution in [1.29, 1.82) is 0 Å². The van der Waals surface area contributed by atoms with Crippen LogP contribution in [0.25, 0.3) is 5.76 Å². The molecule has 0 saturated heterocycles. The molecular weight excluding hydrogens is 231 g/mol. The van der Waals surface area contributed by atoms with E-state index >= 15 is 0 Å². The number of carbonyl (C=O) groups is 2. The number of fused-ring (bicyclic) bond motifs is 1. The van der Waals surface area contributed by atoms with Gasteiger partial charge in [0.15, 0.2) is 5.78 Å². The summed E-state index contributed by atoms with van der Waals surface area (Å²) in [5, 5.41) is 11.8. The summed E-state index contributed by atoms with van der Waals surface area (Å²) in [7, 11) is 0. The zero-order valence-corrected chi connectivity index (χ0v) is 11.6. The molecule has 0 saturated carbocycles. The Labute approximate surface area is 121 Å². The first-order chi connectivity index (χ1) is 7.66. The third-order valence-corrected chi connectivity index (χ3v) is 2.35. The maximum absolute atomic E-state index is 11.8. The molecule has 5 heteroatoms. The van der Waals surface area contributed by atoms with Crippen LogP contribution in [-0.4, -0.2) is 18.4 Å². The van der Waals surface area contributed by atoms with Crippen molar-refractivity contribution in [2.24, 2.45) is 0 Å².